The zero-order chi connectivity index (χ0) is 32.1. The van der Waals surface area contributed by atoms with Crippen LogP contribution >= 0.6 is 0 Å². The zero-order valence-corrected chi connectivity index (χ0v) is 25.7. The first kappa shape index (κ1) is 31.0. The molecule has 13 heteroatoms. The highest BCUT2D eigenvalue weighted by molar-refractivity contribution is 7.89. The average molecular weight is 642 g/mol. The van der Waals surface area contributed by atoms with Gasteiger partial charge in [-0.2, -0.15) is 17.5 Å². The van der Waals surface area contributed by atoms with Crippen LogP contribution in [0.3, 0.4) is 0 Å². The van der Waals surface area contributed by atoms with Crippen molar-refractivity contribution in [3.05, 3.63) is 94.6 Å². The molecule has 9 nitrogen and oxygen atoms in total. The van der Waals surface area contributed by atoms with Gasteiger partial charge in [0.05, 0.1) is 21.7 Å². The molecular formula is C32H34F3N5O4S. The number of alkyl halides is 3. The fourth-order valence-corrected chi connectivity index (χ4v) is 8.24. The molecular weight excluding hydrogens is 607 g/mol. The smallest absolute Gasteiger partial charge is 0.416 e. The quantitative estimate of drug-likeness (QED) is 0.235. The van der Waals surface area contributed by atoms with Crippen molar-refractivity contribution in [2.75, 3.05) is 6.54 Å². The number of sulfonamides is 1. The van der Waals surface area contributed by atoms with E-state index in [4.69, 9.17) is 0 Å². The van der Waals surface area contributed by atoms with Crippen LogP contribution < -0.4 is 0 Å². The molecule has 0 amide bonds. The summed E-state index contributed by atoms with van der Waals surface area (Å²) in [5, 5.41) is 18.2. The van der Waals surface area contributed by atoms with Gasteiger partial charge in [-0.15, -0.1) is 5.10 Å². The van der Waals surface area contributed by atoms with Gasteiger partial charge in [0.2, 0.25) is 10.0 Å². The van der Waals surface area contributed by atoms with Gasteiger partial charge < -0.3 is 9.67 Å². The number of fused-ring (bicyclic) bond motifs is 1. The van der Waals surface area contributed by atoms with E-state index < -0.39 is 27.7 Å². The predicted molar refractivity (Wildman–Crippen MR) is 160 cm³/mol. The lowest BCUT2D eigenvalue weighted by molar-refractivity contribution is -0.137. The van der Waals surface area contributed by atoms with Crippen molar-refractivity contribution in [3.8, 4) is 5.69 Å². The number of hydrogen-bond acceptors (Lipinski definition) is 5. The summed E-state index contributed by atoms with van der Waals surface area (Å²) < 4.78 is 73.5. The minimum Gasteiger partial charge on any atom is -0.478 e. The van der Waals surface area contributed by atoms with Crippen molar-refractivity contribution >= 4 is 16.0 Å². The second kappa shape index (κ2) is 11.8. The van der Waals surface area contributed by atoms with Crippen molar-refractivity contribution in [1.29, 1.82) is 0 Å². The number of rotatable bonds is 9. The summed E-state index contributed by atoms with van der Waals surface area (Å²) in [6.45, 7) is 2.19. The van der Waals surface area contributed by atoms with E-state index >= 15 is 0 Å². The first-order valence-corrected chi connectivity index (χ1v) is 16.4. The van der Waals surface area contributed by atoms with E-state index in [-0.39, 0.29) is 41.3 Å². The maximum Gasteiger partial charge on any atom is 0.416 e. The normalized spacial score (nSPS) is 21.3. The molecule has 0 spiro atoms. The summed E-state index contributed by atoms with van der Waals surface area (Å²) in [6, 6.07) is 11.8. The van der Waals surface area contributed by atoms with Crippen molar-refractivity contribution in [2.24, 2.45) is 13.0 Å². The Hall–Kier alpha value is -3.97. The van der Waals surface area contributed by atoms with E-state index in [0.717, 1.165) is 37.1 Å². The Morgan fingerprint density at radius 2 is 1.91 bits per heavy atom. The number of nitrogens with zero attached hydrogens (tertiary/aromatic N) is 5. The first-order valence-electron chi connectivity index (χ1n) is 15.0. The van der Waals surface area contributed by atoms with Crippen LogP contribution in [0.2, 0.25) is 0 Å². The number of hydrogen-bond donors (Lipinski definition) is 1. The van der Waals surface area contributed by atoms with Gasteiger partial charge in [-0.1, -0.05) is 43.2 Å². The molecule has 0 unspecified atom stereocenters. The van der Waals surface area contributed by atoms with Gasteiger partial charge in [0.25, 0.3) is 0 Å². The molecule has 4 aromatic rings. The lowest BCUT2D eigenvalue weighted by atomic mass is 9.93. The van der Waals surface area contributed by atoms with Crippen molar-refractivity contribution in [2.45, 2.75) is 68.5 Å². The van der Waals surface area contributed by atoms with E-state index in [1.165, 1.54) is 10.4 Å². The number of benzene rings is 2. The van der Waals surface area contributed by atoms with Crippen LogP contribution in [0.25, 0.3) is 5.69 Å². The first-order chi connectivity index (χ1) is 21.4. The van der Waals surface area contributed by atoms with Crippen LogP contribution in [-0.4, -0.2) is 49.9 Å². The Morgan fingerprint density at radius 1 is 1.11 bits per heavy atom. The molecule has 45 heavy (non-hydrogen) atoms. The van der Waals surface area contributed by atoms with Crippen molar-refractivity contribution in [3.63, 3.8) is 0 Å². The third-order valence-corrected chi connectivity index (χ3v) is 10.7. The van der Waals surface area contributed by atoms with Crippen LogP contribution in [0.15, 0.2) is 65.8 Å². The van der Waals surface area contributed by atoms with Gasteiger partial charge in [0.15, 0.2) is 0 Å². The second-order valence-electron chi connectivity index (χ2n) is 12.1. The molecule has 0 bridgehead atoms. The van der Waals surface area contributed by atoms with Crippen LogP contribution in [0.1, 0.15) is 82.9 Å². The number of aromatic carboxylic acids is 1. The topological polar surface area (TPSA) is 110 Å². The van der Waals surface area contributed by atoms with Crippen LogP contribution in [0, 0.1) is 5.92 Å². The molecule has 3 heterocycles. The molecule has 1 aliphatic heterocycles. The van der Waals surface area contributed by atoms with E-state index in [1.807, 2.05) is 29.8 Å². The van der Waals surface area contributed by atoms with Gasteiger partial charge in [-0.05, 0) is 66.6 Å². The maximum atomic E-state index is 14.0. The van der Waals surface area contributed by atoms with Gasteiger partial charge in [0.1, 0.15) is 0 Å². The Kier molecular flexibility index (Phi) is 8.10. The molecule has 3 atom stereocenters. The Labute approximate surface area is 259 Å². The molecule has 1 fully saturated rings. The minimum atomic E-state index is -4.67. The highest BCUT2D eigenvalue weighted by atomic mass is 32.2. The third kappa shape index (κ3) is 6.15. The van der Waals surface area contributed by atoms with Gasteiger partial charge in [0, 0.05) is 55.7 Å². The van der Waals surface area contributed by atoms with E-state index in [1.54, 1.807) is 36.1 Å². The van der Waals surface area contributed by atoms with Gasteiger partial charge >= 0.3 is 12.1 Å². The number of carbonyl (C=O) groups is 1. The SMILES string of the molecule is CCCC[C@H]1Cc2ccc(C(F)(F)F)cc2S(=O)(=O)N(Cc2cccc(-n3ccc(C(=O)O)c3[C@@H]3C[C@H]3c3cn(C)nn3)c2)C1. The highest BCUT2D eigenvalue weighted by Crippen LogP contribution is 2.55. The molecule has 1 N–H and O–H groups in total. The number of aromatic nitrogens is 4. The molecule has 0 saturated heterocycles. The summed E-state index contributed by atoms with van der Waals surface area (Å²) in [5.41, 5.74) is 2.31. The minimum absolute atomic E-state index is 0.0255. The lowest BCUT2D eigenvalue weighted by Crippen LogP contribution is -2.33. The number of carboxylic acids is 1. The number of halogens is 3. The zero-order valence-electron chi connectivity index (χ0n) is 24.9. The maximum absolute atomic E-state index is 14.0. The van der Waals surface area contributed by atoms with Gasteiger partial charge in [-0.3, -0.25) is 4.68 Å². The summed E-state index contributed by atoms with van der Waals surface area (Å²) in [5.74, 6) is -1.16. The molecule has 2 aliphatic rings. The van der Waals surface area contributed by atoms with Crippen LogP contribution in [0.4, 0.5) is 13.2 Å². The largest absolute Gasteiger partial charge is 0.478 e. The Morgan fingerprint density at radius 3 is 2.60 bits per heavy atom. The van der Waals surface area contributed by atoms with Crippen molar-refractivity contribution < 1.29 is 31.5 Å². The second-order valence-corrected chi connectivity index (χ2v) is 14.0. The fourth-order valence-electron chi connectivity index (χ4n) is 6.47. The lowest BCUT2D eigenvalue weighted by Gasteiger charge is -2.24. The Bertz CT molecular complexity index is 1850. The van der Waals surface area contributed by atoms with E-state index in [0.29, 0.717) is 35.3 Å². The van der Waals surface area contributed by atoms with E-state index in [2.05, 4.69) is 10.3 Å². The van der Waals surface area contributed by atoms with Crippen LogP contribution in [0.5, 0.6) is 0 Å². The molecule has 1 aliphatic carbocycles. The Balaban J connectivity index is 1.34. The summed E-state index contributed by atoms with van der Waals surface area (Å²) >= 11 is 0. The molecule has 0 radical (unpaired) electrons. The number of carboxylic acid groups (broad SMARTS) is 1. The highest BCUT2D eigenvalue weighted by Gasteiger charge is 2.45. The summed E-state index contributed by atoms with van der Waals surface area (Å²) in [4.78, 5) is 11.9. The van der Waals surface area contributed by atoms with E-state index in [9.17, 15) is 31.5 Å². The molecule has 2 aromatic heterocycles. The van der Waals surface area contributed by atoms with Gasteiger partial charge in [-0.25, -0.2) is 13.2 Å². The monoisotopic (exact) mass is 641 g/mol. The summed E-state index contributed by atoms with van der Waals surface area (Å²) in [7, 11) is -2.48. The van der Waals surface area contributed by atoms with Crippen molar-refractivity contribution in [1.82, 2.24) is 23.9 Å². The standard InChI is InChI=1S/C32H34F3N5O4S/c1-3-4-6-20-13-22-9-10-23(32(33,34)35)15-29(22)45(43,44)39(17-20)18-21-7-5-8-24(14-21)40-12-11-25(31(41)42)30(40)27-16-26(27)28-19-38(2)37-36-28/h5,7-12,14-15,19-20,26-27H,3-4,6,13,16-18H2,1-2H3,(H,41,42)/t20-,26+,27+/m0/s1. The molecule has 238 valence electrons. The number of aryl methyl sites for hydroxylation is 1. The number of unbranched alkanes of at least 4 members (excludes halogenated alkanes) is 1. The molecule has 6 rings (SSSR count). The molecule has 2 aromatic carbocycles. The molecule has 1 saturated carbocycles. The summed E-state index contributed by atoms with van der Waals surface area (Å²) in [6.07, 6.45) is 2.49. The average Bonchev–Trinajstić information content (AvgIpc) is 3.46. The third-order valence-electron chi connectivity index (χ3n) is 8.79. The predicted octanol–water partition coefficient (Wildman–Crippen LogP) is 6.15. The fraction of sp³-hybridized carbons (Fsp3) is 0.406. The van der Waals surface area contributed by atoms with Crippen LogP contribution in [-0.2, 0) is 36.2 Å².